The lowest BCUT2D eigenvalue weighted by Crippen LogP contribution is -2.47. The van der Waals surface area contributed by atoms with E-state index in [-0.39, 0.29) is 0 Å². The van der Waals surface area contributed by atoms with Gasteiger partial charge in [-0.2, -0.15) is 0 Å². The SMILES string of the molecule is CN=C(NCc1cccc(Cl)c1)NC1CC2CCC1O2. The van der Waals surface area contributed by atoms with E-state index in [1.54, 1.807) is 7.05 Å². The van der Waals surface area contributed by atoms with Crippen molar-refractivity contribution in [3.8, 4) is 0 Å². The van der Waals surface area contributed by atoms with E-state index in [1.807, 2.05) is 24.3 Å². The van der Waals surface area contributed by atoms with Crippen LogP contribution in [0.3, 0.4) is 0 Å². The maximum atomic E-state index is 5.98. The van der Waals surface area contributed by atoms with Gasteiger partial charge in [0.1, 0.15) is 0 Å². The highest BCUT2D eigenvalue weighted by Crippen LogP contribution is 2.34. The number of guanidine groups is 1. The number of benzene rings is 1. The second kappa shape index (κ2) is 6.02. The molecule has 0 aliphatic carbocycles. The Morgan fingerprint density at radius 2 is 2.35 bits per heavy atom. The zero-order valence-corrected chi connectivity index (χ0v) is 12.4. The smallest absolute Gasteiger partial charge is 0.191 e. The molecular formula is C15H20ClN3O. The van der Waals surface area contributed by atoms with Crippen LogP contribution >= 0.6 is 11.6 Å². The van der Waals surface area contributed by atoms with Gasteiger partial charge < -0.3 is 15.4 Å². The van der Waals surface area contributed by atoms with Crippen molar-refractivity contribution in [2.45, 2.75) is 44.1 Å². The predicted octanol–water partition coefficient (Wildman–Crippen LogP) is 2.32. The van der Waals surface area contributed by atoms with Gasteiger partial charge in [0.25, 0.3) is 0 Å². The standard InChI is InChI=1S/C15H20ClN3O/c1-17-15(18-9-10-3-2-4-11(16)7-10)19-13-8-12-5-6-14(13)20-12/h2-4,7,12-14H,5-6,8-9H2,1H3,(H2,17,18,19). The Hall–Kier alpha value is -1.26. The Kier molecular flexibility index (Phi) is 4.13. The second-order valence-electron chi connectivity index (χ2n) is 5.42. The molecule has 0 aromatic heterocycles. The largest absolute Gasteiger partial charge is 0.373 e. The molecule has 2 aliphatic heterocycles. The highest BCUT2D eigenvalue weighted by atomic mass is 35.5. The number of aliphatic imine (C=N–C) groups is 1. The van der Waals surface area contributed by atoms with E-state index in [4.69, 9.17) is 16.3 Å². The number of hydrogen-bond acceptors (Lipinski definition) is 2. The number of hydrogen-bond donors (Lipinski definition) is 2. The Bertz CT molecular complexity index is 506. The molecule has 2 heterocycles. The van der Waals surface area contributed by atoms with Crippen molar-refractivity contribution in [1.29, 1.82) is 0 Å². The summed E-state index contributed by atoms with van der Waals surface area (Å²) >= 11 is 5.98. The molecule has 2 aliphatic rings. The summed E-state index contributed by atoms with van der Waals surface area (Å²) in [6.45, 7) is 0.710. The number of nitrogens with one attached hydrogen (secondary N) is 2. The van der Waals surface area contributed by atoms with Gasteiger partial charge in [0, 0.05) is 18.6 Å². The van der Waals surface area contributed by atoms with E-state index in [9.17, 15) is 0 Å². The highest BCUT2D eigenvalue weighted by molar-refractivity contribution is 6.30. The van der Waals surface area contributed by atoms with Gasteiger partial charge in [0.15, 0.2) is 5.96 Å². The first-order valence-electron chi connectivity index (χ1n) is 7.11. The first-order valence-corrected chi connectivity index (χ1v) is 7.49. The number of nitrogens with zero attached hydrogens (tertiary/aromatic N) is 1. The molecule has 2 N–H and O–H groups in total. The van der Waals surface area contributed by atoms with Gasteiger partial charge in [-0.25, -0.2) is 0 Å². The fourth-order valence-electron chi connectivity index (χ4n) is 2.99. The summed E-state index contributed by atoms with van der Waals surface area (Å²) in [4.78, 5) is 4.28. The van der Waals surface area contributed by atoms with Gasteiger partial charge >= 0.3 is 0 Å². The molecule has 2 fully saturated rings. The van der Waals surface area contributed by atoms with Crippen molar-refractivity contribution >= 4 is 17.6 Å². The summed E-state index contributed by atoms with van der Waals surface area (Å²) in [6, 6.07) is 8.23. The van der Waals surface area contributed by atoms with Crippen LogP contribution in [-0.4, -0.2) is 31.3 Å². The van der Waals surface area contributed by atoms with Crippen LogP contribution in [0.2, 0.25) is 5.02 Å². The number of fused-ring (bicyclic) bond motifs is 2. The molecule has 2 bridgehead atoms. The molecule has 0 amide bonds. The first-order chi connectivity index (χ1) is 9.74. The molecule has 0 spiro atoms. The van der Waals surface area contributed by atoms with Gasteiger partial charge in [-0.05, 0) is 37.0 Å². The minimum Gasteiger partial charge on any atom is -0.373 e. The van der Waals surface area contributed by atoms with Crippen LogP contribution in [0.4, 0.5) is 0 Å². The van der Waals surface area contributed by atoms with Gasteiger partial charge in [0.2, 0.25) is 0 Å². The third kappa shape index (κ3) is 3.07. The van der Waals surface area contributed by atoms with E-state index in [0.717, 1.165) is 29.4 Å². The summed E-state index contributed by atoms with van der Waals surface area (Å²) in [6.07, 6.45) is 4.25. The number of ether oxygens (including phenoxy) is 1. The summed E-state index contributed by atoms with van der Waals surface area (Å²) in [7, 11) is 1.79. The van der Waals surface area contributed by atoms with Crippen LogP contribution in [-0.2, 0) is 11.3 Å². The maximum Gasteiger partial charge on any atom is 0.191 e. The summed E-state index contributed by atoms with van der Waals surface area (Å²) < 4.78 is 5.85. The Labute approximate surface area is 124 Å². The number of halogens is 1. The third-order valence-corrected chi connectivity index (χ3v) is 4.24. The molecular weight excluding hydrogens is 274 g/mol. The van der Waals surface area contributed by atoms with Crippen molar-refractivity contribution in [2.75, 3.05) is 7.05 Å². The van der Waals surface area contributed by atoms with Crippen molar-refractivity contribution in [1.82, 2.24) is 10.6 Å². The molecule has 3 unspecified atom stereocenters. The van der Waals surface area contributed by atoms with Gasteiger partial charge in [-0.1, -0.05) is 23.7 Å². The molecule has 2 saturated heterocycles. The average Bonchev–Trinajstić information content (AvgIpc) is 3.06. The Morgan fingerprint density at radius 1 is 1.45 bits per heavy atom. The van der Waals surface area contributed by atoms with Crippen molar-refractivity contribution < 1.29 is 4.74 Å². The maximum absolute atomic E-state index is 5.98. The second-order valence-corrected chi connectivity index (χ2v) is 5.85. The molecule has 1 aromatic carbocycles. The first kappa shape index (κ1) is 13.7. The fourth-order valence-corrected chi connectivity index (χ4v) is 3.21. The van der Waals surface area contributed by atoms with E-state index in [2.05, 4.69) is 15.6 Å². The van der Waals surface area contributed by atoms with Crippen LogP contribution in [0.1, 0.15) is 24.8 Å². The van der Waals surface area contributed by atoms with E-state index in [1.165, 1.54) is 6.42 Å². The molecule has 0 saturated carbocycles. The van der Waals surface area contributed by atoms with E-state index < -0.39 is 0 Å². The minimum atomic E-state index is 0.352. The topological polar surface area (TPSA) is 45.7 Å². The third-order valence-electron chi connectivity index (χ3n) is 4.00. The Balaban J connectivity index is 1.53. The molecule has 20 heavy (non-hydrogen) atoms. The van der Waals surface area contributed by atoms with Crippen LogP contribution < -0.4 is 10.6 Å². The van der Waals surface area contributed by atoms with Crippen LogP contribution in [0.5, 0.6) is 0 Å². The summed E-state index contributed by atoms with van der Waals surface area (Å²) in [5.41, 5.74) is 1.14. The molecule has 108 valence electrons. The van der Waals surface area contributed by atoms with Crippen molar-refractivity contribution in [3.63, 3.8) is 0 Å². The Morgan fingerprint density at radius 3 is 3.00 bits per heavy atom. The van der Waals surface area contributed by atoms with Gasteiger partial charge in [0.05, 0.1) is 18.2 Å². The normalized spacial score (nSPS) is 28.7. The van der Waals surface area contributed by atoms with E-state index >= 15 is 0 Å². The zero-order valence-electron chi connectivity index (χ0n) is 11.6. The monoisotopic (exact) mass is 293 g/mol. The van der Waals surface area contributed by atoms with Crippen LogP contribution in [0.15, 0.2) is 29.3 Å². The molecule has 3 atom stereocenters. The molecule has 4 nitrogen and oxygen atoms in total. The quantitative estimate of drug-likeness (QED) is 0.664. The number of rotatable bonds is 3. The zero-order chi connectivity index (χ0) is 13.9. The van der Waals surface area contributed by atoms with Crippen molar-refractivity contribution in [2.24, 2.45) is 4.99 Å². The lowest BCUT2D eigenvalue weighted by atomic mass is 9.96. The van der Waals surface area contributed by atoms with E-state index in [0.29, 0.717) is 24.8 Å². The predicted molar refractivity (Wildman–Crippen MR) is 81.1 cm³/mol. The lowest BCUT2D eigenvalue weighted by molar-refractivity contribution is 0.0992. The van der Waals surface area contributed by atoms with Crippen LogP contribution in [0, 0.1) is 0 Å². The van der Waals surface area contributed by atoms with Crippen LogP contribution in [0.25, 0.3) is 0 Å². The lowest BCUT2D eigenvalue weighted by Gasteiger charge is -2.22. The molecule has 5 heteroatoms. The van der Waals surface area contributed by atoms with Gasteiger partial charge in [-0.3, -0.25) is 4.99 Å². The average molecular weight is 294 g/mol. The highest BCUT2D eigenvalue weighted by Gasteiger charge is 2.41. The summed E-state index contributed by atoms with van der Waals surface area (Å²) in [5.74, 6) is 0.825. The molecule has 3 rings (SSSR count). The molecule has 0 radical (unpaired) electrons. The van der Waals surface area contributed by atoms with Crippen molar-refractivity contribution in [3.05, 3.63) is 34.9 Å². The fraction of sp³-hybridized carbons (Fsp3) is 0.533. The summed E-state index contributed by atoms with van der Waals surface area (Å²) in [5, 5.41) is 7.54. The minimum absolute atomic E-state index is 0.352. The van der Waals surface area contributed by atoms with Gasteiger partial charge in [-0.15, -0.1) is 0 Å². The molecule has 1 aromatic rings.